The summed E-state index contributed by atoms with van der Waals surface area (Å²) in [6, 6.07) is 16.9. The van der Waals surface area contributed by atoms with Gasteiger partial charge in [-0.3, -0.25) is 9.79 Å². The zero-order chi connectivity index (χ0) is 25.2. The third-order valence-electron chi connectivity index (χ3n) is 8.09. The highest BCUT2D eigenvalue weighted by molar-refractivity contribution is 6.30. The molecular formula is C31H35ClN2O2. The normalized spacial score (nSPS) is 24.6. The van der Waals surface area contributed by atoms with Gasteiger partial charge >= 0.3 is 0 Å². The molecule has 5 heteroatoms. The molecule has 0 radical (unpaired) electrons. The van der Waals surface area contributed by atoms with Gasteiger partial charge in [-0.25, -0.2) is 0 Å². The minimum Gasteiger partial charge on any atom is -0.378 e. The maximum atomic E-state index is 13.5. The highest BCUT2D eigenvalue weighted by Gasteiger charge is 2.31. The summed E-state index contributed by atoms with van der Waals surface area (Å²) in [4.78, 5) is 20.7. The summed E-state index contributed by atoms with van der Waals surface area (Å²) in [5.74, 6) is 0.457. The van der Waals surface area contributed by atoms with Crippen LogP contribution in [0.25, 0.3) is 5.57 Å². The largest absolute Gasteiger partial charge is 0.378 e. The predicted octanol–water partition coefficient (Wildman–Crippen LogP) is 6.69. The molecule has 1 amide bonds. The molecule has 2 aliphatic heterocycles. The molecule has 3 aliphatic rings. The van der Waals surface area contributed by atoms with Crippen molar-refractivity contribution in [1.82, 2.24) is 4.90 Å². The van der Waals surface area contributed by atoms with Crippen LogP contribution in [0, 0.1) is 5.92 Å². The molecular weight excluding hydrogens is 468 g/mol. The lowest BCUT2D eigenvalue weighted by molar-refractivity contribution is -0.135. The SMILES string of the molecule is CC1=NC(C)C(C)=C2CCC1c1ccccc1C(c1ccc(Cl)cc1)=CC2CC(=O)N1CCOCC1. The summed E-state index contributed by atoms with van der Waals surface area (Å²) in [6.45, 7) is 9.15. The van der Waals surface area contributed by atoms with Crippen LogP contribution in [0.4, 0.5) is 0 Å². The summed E-state index contributed by atoms with van der Waals surface area (Å²) < 4.78 is 5.50. The number of hydrogen-bond donors (Lipinski definition) is 0. The monoisotopic (exact) mass is 502 g/mol. The number of carbonyl (C=O) groups is 1. The number of amides is 1. The quantitative estimate of drug-likeness (QED) is 0.438. The van der Waals surface area contributed by atoms with E-state index in [0.29, 0.717) is 32.7 Å². The maximum Gasteiger partial charge on any atom is 0.223 e. The Kier molecular flexibility index (Phi) is 7.45. The van der Waals surface area contributed by atoms with Gasteiger partial charge in [0.05, 0.1) is 19.3 Å². The van der Waals surface area contributed by atoms with Gasteiger partial charge in [-0.1, -0.05) is 59.6 Å². The van der Waals surface area contributed by atoms with E-state index in [4.69, 9.17) is 21.3 Å². The molecule has 3 atom stereocenters. The molecule has 0 spiro atoms. The Morgan fingerprint density at radius 2 is 1.81 bits per heavy atom. The molecule has 2 heterocycles. The smallest absolute Gasteiger partial charge is 0.223 e. The fourth-order valence-corrected chi connectivity index (χ4v) is 6.08. The molecule has 1 saturated heterocycles. The lowest BCUT2D eigenvalue weighted by Gasteiger charge is -2.30. The van der Waals surface area contributed by atoms with Gasteiger partial charge < -0.3 is 9.64 Å². The van der Waals surface area contributed by atoms with Crippen LogP contribution in [0.3, 0.4) is 0 Å². The predicted molar refractivity (Wildman–Crippen MR) is 148 cm³/mol. The van der Waals surface area contributed by atoms with Crippen molar-refractivity contribution in [2.75, 3.05) is 26.3 Å². The van der Waals surface area contributed by atoms with Crippen molar-refractivity contribution in [1.29, 1.82) is 0 Å². The number of morpholine rings is 1. The number of ether oxygens (including phenoxy) is 1. The zero-order valence-corrected chi connectivity index (χ0v) is 22.2. The number of carbonyl (C=O) groups excluding carboxylic acids is 1. The van der Waals surface area contributed by atoms with Crippen molar-refractivity contribution < 1.29 is 9.53 Å². The van der Waals surface area contributed by atoms with Gasteiger partial charge in [0, 0.05) is 42.1 Å². The van der Waals surface area contributed by atoms with Gasteiger partial charge in [-0.05, 0) is 73.6 Å². The van der Waals surface area contributed by atoms with Crippen LogP contribution < -0.4 is 0 Å². The van der Waals surface area contributed by atoms with Crippen molar-refractivity contribution in [3.05, 3.63) is 87.5 Å². The number of benzene rings is 2. The highest BCUT2D eigenvalue weighted by Crippen LogP contribution is 2.42. The van der Waals surface area contributed by atoms with E-state index in [1.807, 2.05) is 17.0 Å². The molecule has 3 unspecified atom stereocenters. The maximum absolute atomic E-state index is 13.5. The van der Waals surface area contributed by atoms with Gasteiger partial charge in [0.2, 0.25) is 5.91 Å². The first kappa shape index (κ1) is 25.0. The molecule has 2 aromatic carbocycles. The number of allylic oxidation sites excluding steroid dienone is 2. The molecule has 0 aromatic heterocycles. The Morgan fingerprint density at radius 1 is 1.08 bits per heavy atom. The van der Waals surface area contributed by atoms with E-state index in [-0.39, 0.29) is 23.8 Å². The minimum absolute atomic E-state index is 0.00823. The van der Waals surface area contributed by atoms with Crippen LogP contribution in [-0.2, 0) is 9.53 Å². The third-order valence-corrected chi connectivity index (χ3v) is 8.34. The third kappa shape index (κ3) is 5.07. The molecule has 36 heavy (non-hydrogen) atoms. The van der Waals surface area contributed by atoms with E-state index >= 15 is 0 Å². The molecule has 0 N–H and O–H groups in total. The van der Waals surface area contributed by atoms with E-state index in [0.717, 1.165) is 23.4 Å². The molecule has 2 aromatic rings. The van der Waals surface area contributed by atoms with Gasteiger partial charge in [-0.15, -0.1) is 0 Å². The summed E-state index contributed by atoms with van der Waals surface area (Å²) in [5, 5.41) is 0.721. The van der Waals surface area contributed by atoms with Crippen molar-refractivity contribution in [3.63, 3.8) is 0 Å². The van der Waals surface area contributed by atoms with Crippen molar-refractivity contribution in [3.8, 4) is 0 Å². The number of fused-ring (bicyclic) bond motifs is 5. The summed E-state index contributed by atoms with van der Waals surface area (Å²) >= 11 is 6.27. The van der Waals surface area contributed by atoms with E-state index in [1.54, 1.807) is 0 Å². The minimum atomic E-state index is 0.00823. The van der Waals surface area contributed by atoms with Gasteiger partial charge in [0.15, 0.2) is 0 Å². The van der Waals surface area contributed by atoms with Crippen LogP contribution in [0.2, 0.25) is 5.02 Å². The second-order valence-electron chi connectivity index (χ2n) is 10.2. The van der Waals surface area contributed by atoms with Gasteiger partial charge in [0.1, 0.15) is 0 Å². The van der Waals surface area contributed by atoms with Crippen LogP contribution in [-0.4, -0.2) is 48.9 Å². The van der Waals surface area contributed by atoms with Crippen LogP contribution in [0.15, 0.2) is 70.7 Å². The lowest BCUT2D eigenvalue weighted by Crippen LogP contribution is -2.41. The van der Waals surface area contributed by atoms with Crippen molar-refractivity contribution in [2.24, 2.45) is 10.9 Å². The van der Waals surface area contributed by atoms with Crippen molar-refractivity contribution >= 4 is 28.8 Å². The van der Waals surface area contributed by atoms with E-state index in [2.05, 4.69) is 63.2 Å². The van der Waals surface area contributed by atoms with Crippen LogP contribution >= 0.6 is 11.6 Å². The Balaban J connectivity index is 1.70. The average molecular weight is 503 g/mol. The zero-order valence-electron chi connectivity index (χ0n) is 21.5. The van der Waals surface area contributed by atoms with Gasteiger partial charge in [-0.2, -0.15) is 0 Å². The Labute approximate surface area is 219 Å². The Morgan fingerprint density at radius 3 is 2.56 bits per heavy atom. The van der Waals surface area contributed by atoms with Gasteiger partial charge in [0.25, 0.3) is 0 Å². The standard InChI is InChI=1S/C31H35ClN2O2/c1-20-21(2)33-22(3)27-13-12-26(20)24(19-31(35)34-14-16-36-17-15-34)18-30(23-8-10-25(32)11-9-23)29-7-5-4-6-28(27)29/h4-11,18,21,24,27H,12-17,19H2,1-3H3. The second kappa shape index (κ2) is 10.7. The summed E-state index contributed by atoms with van der Waals surface area (Å²) in [6.07, 6.45) is 4.78. The van der Waals surface area contributed by atoms with E-state index in [9.17, 15) is 4.79 Å². The first-order valence-electron chi connectivity index (χ1n) is 13.1. The van der Waals surface area contributed by atoms with Crippen LogP contribution in [0.5, 0.6) is 0 Å². The summed E-state index contributed by atoms with van der Waals surface area (Å²) in [7, 11) is 0. The number of rotatable bonds is 3. The second-order valence-corrected chi connectivity index (χ2v) is 10.7. The molecule has 1 fully saturated rings. The molecule has 1 aliphatic carbocycles. The molecule has 0 saturated carbocycles. The number of aliphatic imine (C=N–C) groups is 1. The fraction of sp³-hybridized carbons (Fsp3) is 0.419. The molecule has 5 rings (SSSR count). The van der Waals surface area contributed by atoms with Crippen molar-refractivity contribution in [2.45, 2.75) is 52.0 Å². The first-order valence-corrected chi connectivity index (χ1v) is 13.5. The lowest BCUT2D eigenvalue weighted by atomic mass is 9.81. The van der Waals surface area contributed by atoms with Crippen LogP contribution in [0.1, 0.15) is 62.6 Å². The highest BCUT2D eigenvalue weighted by atomic mass is 35.5. The number of halogens is 1. The Bertz CT molecular complexity index is 1220. The summed E-state index contributed by atoms with van der Waals surface area (Å²) in [5.41, 5.74) is 8.67. The fourth-order valence-electron chi connectivity index (χ4n) is 5.96. The molecule has 2 bridgehead atoms. The van der Waals surface area contributed by atoms with E-state index < -0.39 is 0 Å². The Hall–Kier alpha value is -2.69. The number of nitrogens with zero attached hydrogens (tertiary/aromatic N) is 2. The van der Waals surface area contributed by atoms with E-state index in [1.165, 1.54) is 33.6 Å². The first-order chi connectivity index (χ1) is 17.4. The number of hydrogen-bond acceptors (Lipinski definition) is 3. The molecule has 4 nitrogen and oxygen atoms in total. The average Bonchev–Trinajstić information content (AvgIpc) is 2.95. The molecule has 188 valence electrons. The topological polar surface area (TPSA) is 41.9 Å².